The van der Waals surface area contributed by atoms with Crippen LogP contribution in [0, 0.1) is 6.92 Å². The second-order valence-electron chi connectivity index (χ2n) is 3.72. The lowest BCUT2D eigenvalue weighted by Crippen LogP contribution is -2.16. The van der Waals surface area contributed by atoms with Gasteiger partial charge in [0.25, 0.3) is 0 Å². The van der Waals surface area contributed by atoms with Gasteiger partial charge in [-0.15, -0.1) is 0 Å². The molecule has 1 aliphatic heterocycles. The summed E-state index contributed by atoms with van der Waals surface area (Å²) >= 11 is 3.40. The summed E-state index contributed by atoms with van der Waals surface area (Å²) in [6.07, 6.45) is 4.24. The van der Waals surface area contributed by atoms with Gasteiger partial charge in [0.05, 0.1) is 6.10 Å². The SMILES string of the molecule is Cc1cc(OCC2CCCO2)ncc1Br. The maximum atomic E-state index is 5.57. The zero-order chi connectivity index (χ0) is 10.7. The summed E-state index contributed by atoms with van der Waals surface area (Å²) in [5, 5.41) is 0. The predicted octanol–water partition coefficient (Wildman–Crippen LogP) is 2.71. The molecule has 0 aliphatic carbocycles. The first-order valence-corrected chi connectivity index (χ1v) is 5.91. The Balaban J connectivity index is 1.90. The molecule has 0 N–H and O–H groups in total. The van der Waals surface area contributed by atoms with Crippen LogP contribution >= 0.6 is 15.9 Å². The van der Waals surface area contributed by atoms with Crippen LogP contribution in [0.2, 0.25) is 0 Å². The zero-order valence-electron chi connectivity index (χ0n) is 8.70. The van der Waals surface area contributed by atoms with Gasteiger partial charge < -0.3 is 9.47 Å². The molecule has 1 fully saturated rings. The number of aryl methyl sites for hydroxylation is 1. The largest absolute Gasteiger partial charge is 0.475 e. The smallest absolute Gasteiger partial charge is 0.213 e. The van der Waals surface area contributed by atoms with E-state index in [1.54, 1.807) is 6.20 Å². The fourth-order valence-corrected chi connectivity index (χ4v) is 1.76. The molecule has 0 radical (unpaired) electrons. The van der Waals surface area contributed by atoms with E-state index < -0.39 is 0 Å². The molecule has 4 heteroatoms. The molecule has 1 unspecified atom stereocenters. The number of rotatable bonds is 3. The Hall–Kier alpha value is -0.610. The third-order valence-corrected chi connectivity index (χ3v) is 3.29. The third-order valence-electron chi connectivity index (χ3n) is 2.46. The fraction of sp³-hybridized carbons (Fsp3) is 0.545. The molecule has 2 heterocycles. The van der Waals surface area contributed by atoms with Crippen LogP contribution in [0.1, 0.15) is 18.4 Å². The van der Waals surface area contributed by atoms with Crippen LogP contribution in [-0.2, 0) is 4.74 Å². The van der Waals surface area contributed by atoms with E-state index in [1.807, 2.05) is 13.0 Å². The first-order chi connectivity index (χ1) is 7.25. The van der Waals surface area contributed by atoms with Crippen molar-refractivity contribution >= 4 is 15.9 Å². The van der Waals surface area contributed by atoms with Gasteiger partial charge in [-0.1, -0.05) is 0 Å². The van der Waals surface area contributed by atoms with Gasteiger partial charge in [0.1, 0.15) is 6.61 Å². The Labute approximate surface area is 97.9 Å². The predicted molar refractivity (Wildman–Crippen MR) is 61.1 cm³/mol. The van der Waals surface area contributed by atoms with Crippen molar-refractivity contribution in [2.45, 2.75) is 25.9 Å². The van der Waals surface area contributed by atoms with Crippen molar-refractivity contribution in [2.24, 2.45) is 0 Å². The van der Waals surface area contributed by atoms with Gasteiger partial charge in [0, 0.05) is 23.3 Å². The average Bonchev–Trinajstić information content (AvgIpc) is 2.73. The van der Waals surface area contributed by atoms with E-state index in [4.69, 9.17) is 9.47 Å². The van der Waals surface area contributed by atoms with Gasteiger partial charge in [-0.3, -0.25) is 0 Å². The van der Waals surface area contributed by atoms with Crippen molar-refractivity contribution in [3.63, 3.8) is 0 Å². The molecule has 1 aromatic heterocycles. The maximum Gasteiger partial charge on any atom is 0.213 e. The van der Waals surface area contributed by atoms with Crippen molar-refractivity contribution in [3.8, 4) is 5.88 Å². The molecule has 1 aromatic rings. The number of nitrogens with zero attached hydrogens (tertiary/aromatic N) is 1. The van der Waals surface area contributed by atoms with Crippen LogP contribution in [0.25, 0.3) is 0 Å². The average molecular weight is 272 g/mol. The van der Waals surface area contributed by atoms with Gasteiger partial charge in [-0.25, -0.2) is 4.98 Å². The van der Waals surface area contributed by atoms with Crippen LogP contribution in [0.15, 0.2) is 16.7 Å². The summed E-state index contributed by atoms with van der Waals surface area (Å²) in [6.45, 7) is 3.49. The first-order valence-electron chi connectivity index (χ1n) is 5.12. The number of pyridine rings is 1. The standard InChI is InChI=1S/C11H14BrNO2/c1-8-5-11(13-6-10(8)12)15-7-9-3-2-4-14-9/h5-6,9H,2-4,7H2,1H3. The molecule has 15 heavy (non-hydrogen) atoms. The minimum Gasteiger partial charge on any atom is -0.475 e. The lowest BCUT2D eigenvalue weighted by atomic mass is 10.2. The minimum atomic E-state index is 0.246. The van der Waals surface area contributed by atoms with Crippen LogP contribution < -0.4 is 4.74 Å². The van der Waals surface area contributed by atoms with Crippen molar-refractivity contribution in [1.29, 1.82) is 0 Å². The highest BCUT2D eigenvalue weighted by Crippen LogP contribution is 2.19. The number of hydrogen-bond donors (Lipinski definition) is 0. The summed E-state index contributed by atoms with van der Waals surface area (Å²) in [7, 11) is 0. The zero-order valence-corrected chi connectivity index (χ0v) is 10.3. The van der Waals surface area contributed by atoms with E-state index >= 15 is 0 Å². The number of aromatic nitrogens is 1. The molecular weight excluding hydrogens is 258 g/mol. The van der Waals surface area contributed by atoms with Crippen molar-refractivity contribution in [1.82, 2.24) is 4.98 Å². The van der Waals surface area contributed by atoms with E-state index in [1.165, 1.54) is 0 Å². The Kier molecular flexibility index (Phi) is 3.59. The number of ether oxygens (including phenoxy) is 2. The molecule has 3 nitrogen and oxygen atoms in total. The van der Waals surface area contributed by atoms with Gasteiger partial charge in [0.2, 0.25) is 5.88 Å². The van der Waals surface area contributed by atoms with Crippen LogP contribution in [0.4, 0.5) is 0 Å². The molecule has 82 valence electrons. The van der Waals surface area contributed by atoms with Crippen molar-refractivity contribution in [3.05, 3.63) is 22.3 Å². The van der Waals surface area contributed by atoms with Crippen LogP contribution in [-0.4, -0.2) is 24.3 Å². The Morgan fingerprint density at radius 3 is 3.20 bits per heavy atom. The van der Waals surface area contributed by atoms with Gasteiger partial charge in [-0.05, 0) is 41.3 Å². The highest BCUT2D eigenvalue weighted by molar-refractivity contribution is 9.10. The molecular formula is C11H14BrNO2. The summed E-state index contributed by atoms with van der Waals surface area (Å²) in [5.74, 6) is 0.672. The molecule has 2 rings (SSSR count). The Bertz CT molecular complexity index is 337. The molecule has 1 atom stereocenters. The van der Waals surface area contributed by atoms with E-state index in [0.717, 1.165) is 29.5 Å². The lowest BCUT2D eigenvalue weighted by Gasteiger charge is -2.11. The van der Waals surface area contributed by atoms with E-state index in [0.29, 0.717) is 12.5 Å². The lowest BCUT2D eigenvalue weighted by molar-refractivity contribution is 0.0663. The van der Waals surface area contributed by atoms with Crippen molar-refractivity contribution in [2.75, 3.05) is 13.2 Å². The van der Waals surface area contributed by atoms with Crippen LogP contribution in [0.3, 0.4) is 0 Å². The topological polar surface area (TPSA) is 31.4 Å². The minimum absolute atomic E-state index is 0.246. The maximum absolute atomic E-state index is 5.57. The second kappa shape index (κ2) is 4.94. The monoisotopic (exact) mass is 271 g/mol. The molecule has 1 aliphatic rings. The van der Waals surface area contributed by atoms with Gasteiger partial charge in [-0.2, -0.15) is 0 Å². The molecule has 1 saturated heterocycles. The quantitative estimate of drug-likeness (QED) is 0.847. The number of halogens is 1. The molecule has 0 spiro atoms. The normalized spacial score (nSPS) is 20.5. The molecule has 0 aromatic carbocycles. The van der Waals surface area contributed by atoms with Gasteiger partial charge in [0.15, 0.2) is 0 Å². The molecule has 0 saturated carbocycles. The van der Waals surface area contributed by atoms with E-state index in [2.05, 4.69) is 20.9 Å². The summed E-state index contributed by atoms with van der Waals surface area (Å²) in [4.78, 5) is 4.18. The first kappa shape index (κ1) is 10.9. The highest BCUT2D eigenvalue weighted by atomic mass is 79.9. The van der Waals surface area contributed by atoms with E-state index in [9.17, 15) is 0 Å². The fourth-order valence-electron chi connectivity index (χ4n) is 1.55. The number of hydrogen-bond acceptors (Lipinski definition) is 3. The van der Waals surface area contributed by atoms with Crippen LogP contribution in [0.5, 0.6) is 5.88 Å². The summed E-state index contributed by atoms with van der Waals surface area (Å²) in [6, 6.07) is 1.93. The Morgan fingerprint density at radius 2 is 2.53 bits per heavy atom. The summed E-state index contributed by atoms with van der Waals surface area (Å²) in [5.41, 5.74) is 1.13. The Morgan fingerprint density at radius 1 is 1.67 bits per heavy atom. The second-order valence-corrected chi connectivity index (χ2v) is 4.57. The van der Waals surface area contributed by atoms with E-state index in [-0.39, 0.29) is 6.10 Å². The van der Waals surface area contributed by atoms with Gasteiger partial charge >= 0.3 is 0 Å². The molecule has 0 amide bonds. The summed E-state index contributed by atoms with van der Waals surface area (Å²) < 4.78 is 12.0. The highest BCUT2D eigenvalue weighted by Gasteiger charge is 2.16. The van der Waals surface area contributed by atoms with Crippen molar-refractivity contribution < 1.29 is 9.47 Å². The molecule has 0 bridgehead atoms. The third kappa shape index (κ3) is 2.92.